The highest BCUT2D eigenvalue weighted by molar-refractivity contribution is 5.95. The third-order valence-electron chi connectivity index (χ3n) is 4.76. The van der Waals surface area contributed by atoms with Crippen molar-refractivity contribution in [2.24, 2.45) is 0 Å². The van der Waals surface area contributed by atoms with Crippen LogP contribution in [0.3, 0.4) is 0 Å². The molecule has 1 amide bonds. The minimum atomic E-state index is -0.0421. The summed E-state index contributed by atoms with van der Waals surface area (Å²) in [5, 5.41) is 3.08. The summed E-state index contributed by atoms with van der Waals surface area (Å²) in [6.07, 6.45) is 5.81. The average molecular weight is 352 g/mol. The molecule has 1 atom stereocenters. The molecule has 1 aliphatic heterocycles. The first kappa shape index (κ1) is 18.0. The molecule has 6 nitrogen and oxygen atoms in total. The molecule has 1 aromatic carbocycles. The summed E-state index contributed by atoms with van der Waals surface area (Å²) < 4.78 is 0. The predicted octanol–water partition coefficient (Wildman–Crippen LogP) is 3.83. The molecule has 26 heavy (non-hydrogen) atoms. The van der Waals surface area contributed by atoms with Crippen LogP contribution in [0.2, 0.25) is 0 Å². The van der Waals surface area contributed by atoms with Crippen molar-refractivity contribution in [2.75, 3.05) is 11.9 Å². The lowest BCUT2D eigenvalue weighted by Gasteiger charge is -2.35. The maximum absolute atomic E-state index is 12.9. The zero-order chi connectivity index (χ0) is 18.5. The summed E-state index contributed by atoms with van der Waals surface area (Å²) in [5.74, 6) is 0.301. The Morgan fingerprint density at radius 3 is 2.88 bits per heavy atom. The Hall–Kier alpha value is -2.76. The number of likely N-dealkylation sites (tertiary alicyclic amines) is 1. The molecule has 0 saturated carbocycles. The number of hydrogen-bond acceptors (Lipinski definition) is 5. The van der Waals surface area contributed by atoms with E-state index in [0.29, 0.717) is 22.9 Å². The van der Waals surface area contributed by atoms with E-state index in [1.165, 1.54) is 13.3 Å². The van der Waals surface area contributed by atoms with E-state index in [1.807, 2.05) is 11.0 Å². The lowest BCUT2D eigenvalue weighted by Crippen LogP contribution is -2.43. The van der Waals surface area contributed by atoms with E-state index in [2.05, 4.69) is 22.2 Å². The second kappa shape index (κ2) is 8.08. The van der Waals surface area contributed by atoms with Crippen LogP contribution in [0.5, 0.6) is 0 Å². The quantitative estimate of drug-likeness (QED) is 0.828. The van der Waals surface area contributed by atoms with Crippen LogP contribution in [0, 0.1) is 0 Å². The molecule has 1 aliphatic rings. The summed E-state index contributed by atoms with van der Waals surface area (Å²) in [5.41, 5.74) is 1.72. The lowest BCUT2D eigenvalue weighted by atomic mass is 9.99. The van der Waals surface area contributed by atoms with Crippen LogP contribution >= 0.6 is 0 Å². The van der Waals surface area contributed by atoms with Crippen molar-refractivity contribution in [3.63, 3.8) is 0 Å². The van der Waals surface area contributed by atoms with Crippen molar-refractivity contribution in [3.05, 3.63) is 47.8 Å². The van der Waals surface area contributed by atoms with Gasteiger partial charge in [-0.3, -0.25) is 9.59 Å². The number of carbonyl (C=O) groups excluding carboxylic acids is 2. The van der Waals surface area contributed by atoms with Gasteiger partial charge in [-0.15, -0.1) is 0 Å². The van der Waals surface area contributed by atoms with Gasteiger partial charge in [0.2, 0.25) is 5.95 Å². The summed E-state index contributed by atoms with van der Waals surface area (Å²) >= 11 is 0. The third-order valence-corrected chi connectivity index (χ3v) is 4.76. The minimum absolute atomic E-state index is 0.00537. The molecule has 0 radical (unpaired) electrons. The molecule has 1 aromatic heterocycles. The maximum Gasteiger partial charge on any atom is 0.272 e. The smallest absolute Gasteiger partial charge is 0.272 e. The average Bonchev–Trinajstić information content (AvgIpc) is 2.67. The Labute approximate surface area is 153 Å². The van der Waals surface area contributed by atoms with E-state index in [4.69, 9.17) is 0 Å². The molecule has 6 heteroatoms. The lowest BCUT2D eigenvalue weighted by molar-refractivity contribution is 0.0602. The third kappa shape index (κ3) is 4.07. The van der Waals surface area contributed by atoms with Crippen molar-refractivity contribution in [1.82, 2.24) is 14.9 Å². The van der Waals surface area contributed by atoms with E-state index in [-0.39, 0.29) is 17.7 Å². The topological polar surface area (TPSA) is 75.2 Å². The van der Waals surface area contributed by atoms with Crippen LogP contribution in [0.25, 0.3) is 0 Å². The Kier molecular flexibility index (Phi) is 5.61. The summed E-state index contributed by atoms with van der Waals surface area (Å²) in [6.45, 7) is 4.42. The first-order valence-corrected chi connectivity index (χ1v) is 9.10. The standard InChI is InChI=1S/C20H24N4O2/c1-3-17-9-4-5-12-24(17)19(26)18-10-11-21-20(23-18)22-16-8-6-7-15(13-16)14(2)25/h6-8,10-11,13,17H,3-5,9,12H2,1-2H3,(H,21,22,23). The van der Waals surface area contributed by atoms with Crippen LogP contribution in [0.1, 0.15) is 60.4 Å². The van der Waals surface area contributed by atoms with Gasteiger partial charge in [0.25, 0.3) is 5.91 Å². The molecular weight excluding hydrogens is 328 g/mol. The number of benzene rings is 1. The number of nitrogens with one attached hydrogen (secondary N) is 1. The van der Waals surface area contributed by atoms with Gasteiger partial charge in [0.1, 0.15) is 5.69 Å². The fourth-order valence-electron chi connectivity index (χ4n) is 3.32. The second-order valence-electron chi connectivity index (χ2n) is 6.58. The van der Waals surface area contributed by atoms with Crippen molar-refractivity contribution in [3.8, 4) is 0 Å². The summed E-state index contributed by atoms with van der Waals surface area (Å²) in [6, 6.07) is 9.08. The molecule has 136 valence electrons. The number of nitrogens with zero attached hydrogens (tertiary/aromatic N) is 3. The van der Waals surface area contributed by atoms with Crippen LogP contribution in [0.15, 0.2) is 36.5 Å². The van der Waals surface area contributed by atoms with E-state index < -0.39 is 0 Å². The molecule has 0 aliphatic carbocycles. The van der Waals surface area contributed by atoms with Gasteiger partial charge in [0.05, 0.1) is 0 Å². The van der Waals surface area contributed by atoms with Crippen LogP contribution in [-0.2, 0) is 0 Å². The number of anilines is 2. The zero-order valence-corrected chi connectivity index (χ0v) is 15.2. The fourth-order valence-corrected chi connectivity index (χ4v) is 3.32. The molecule has 0 bridgehead atoms. The van der Waals surface area contributed by atoms with E-state index in [9.17, 15) is 9.59 Å². The number of ketones is 1. The highest BCUT2D eigenvalue weighted by atomic mass is 16.2. The second-order valence-corrected chi connectivity index (χ2v) is 6.58. The van der Waals surface area contributed by atoms with Crippen molar-refractivity contribution < 1.29 is 9.59 Å². The van der Waals surface area contributed by atoms with Crippen LogP contribution in [0.4, 0.5) is 11.6 Å². The van der Waals surface area contributed by atoms with Gasteiger partial charge in [-0.2, -0.15) is 0 Å². The number of carbonyl (C=O) groups is 2. The summed E-state index contributed by atoms with van der Waals surface area (Å²) in [4.78, 5) is 34.9. The number of hydrogen-bond donors (Lipinski definition) is 1. The molecule has 0 spiro atoms. The summed E-state index contributed by atoms with van der Waals surface area (Å²) in [7, 11) is 0. The Balaban J connectivity index is 1.78. The van der Waals surface area contributed by atoms with Gasteiger partial charge in [0.15, 0.2) is 5.78 Å². The van der Waals surface area contributed by atoms with Gasteiger partial charge in [0, 0.05) is 30.0 Å². The van der Waals surface area contributed by atoms with E-state index in [1.54, 1.807) is 30.5 Å². The number of amides is 1. The van der Waals surface area contributed by atoms with Crippen LogP contribution < -0.4 is 5.32 Å². The molecule has 2 aromatic rings. The Bertz CT molecular complexity index is 806. The molecule has 1 N–H and O–H groups in total. The van der Waals surface area contributed by atoms with Gasteiger partial charge < -0.3 is 10.2 Å². The van der Waals surface area contributed by atoms with Crippen LogP contribution in [-0.4, -0.2) is 39.1 Å². The van der Waals surface area contributed by atoms with Crippen molar-refractivity contribution >= 4 is 23.3 Å². The normalized spacial score (nSPS) is 17.0. The maximum atomic E-state index is 12.9. The SMILES string of the molecule is CCC1CCCCN1C(=O)c1ccnc(Nc2cccc(C(C)=O)c2)n1. The predicted molar refractivity (Wildman–Crippen MR) is 101 cm³/mol. The van der Waals surface area contributed by atoms with Crippen molar-refractivity contribution in [2.45, 2.75) is 45.6 Å². The van der Waals surface area contributed by atoms with E-state index in [0.717, 1.165) is 25.8 Å². The first-order valence-electron chi connectivity index (χ1n) is 9.10. The van der Waals surface area contributed by atoms with Gasteiger partial charge in [-0.05, 0) is 50.8 Å². The van der Waals surface area contributed by atoms with Gasteiger partial charge in [-0.25, -0.2) is 9.97 Å². The Morgan fingerprint density at radius 1 is 1.27 bits per heavy atom. The van der Waals surface area contributed by atoms with Gasteiger partial charge in [-0.1, -0.05) is 19.1 Å². The molecule has 1 saturated heterocycles. The monoisotopic (exact) mass is 352 g/mol. The molecule has 2 heterocycles. The number of aromatic nitrogens is 2. The van der Waals surface area contributed by atoms with E-state index >= 15 is 0 Å². The first-order chi connectivity index (χ1) is 12.6. The Morgan fingerprint density at radius 2 is 2.12 bits per heavy atom. The van der Waals surface area contributed by atoms with Gasteiger partial charge >= 0.3 is 0 Å². The highest BCUT2D eigenvalue weighted by Crippen LogP contribution is 2.22. The molecular formula is C20H24N4O2. The molecule has 3 rings (SSSR count). The van der Waals surface area contributed by atoms with Crippen molar-refractivity contribution in [1.29, 1.82) is 0 Å². The minimum Gasteiger partial charge on any atom is -0.334 e. The highest BCUT2D eigenvalue weighted by Gasteiger charge is 2.27. The fraction of sp³-hybridized carbons (Fsp3) is 0.400. The molecule has 1 unspecified atom stereocenters. The largest absolute Gasteiger partial charge is 0.334 e. The molecule has 1 fully saturated rings. The zero-order valence-electron chi connectivity index (χ0n) is 15.2. The number of rotatable bonds is 5. The number of piperidine rings is 1. The number of Topliss-reactive ketones (excluding diaryl/α,β-unsaturated/α-hetero) is 1.